The van der Waals surface area contributed by atoms with Crippen LogP contribution in [0, 0.1) is 0 Å². The number of benzene rings is 2. The molecular formula is C25H31N3O3. The van der Waals surface area contributed by atoms with E-state index in [0.717, 1.165) is 25.3 Å². The van der Waals surface area contributed by atoms with Gasteiger partial charge < -0.3 is 15.0 Å². The van der Waals surface area contributed by atoms with E-state index in [-0.39, 0.29) is 17.9 Å². The van der Waals surface area contributed by atoms with Gasteiger partial charge in [0.1, 0.15) is 11.8 Å². The second-order valence-electron chi connectivity index (χ2n) is 8.30. The fourth-order valence-corrected chi connectivity index (χ4v) is 4.68. The zero-order valence-electron chi connectivity index (χ0n) is 18.1. The molecule has 0 saturated carbocycles. The maximum Gasteiger partial charge on any atom is 0.254 e. The van der Waals surface area contributed by atoms with E-state index in [1.807, 2.05) is 42.5 Å². The minimum Gasteiger partial charge on any atom is -0.497 e. The van der Waals surface area contributed by atoms with Crippen LogP contribution in [-0.2, 0) is 4.79 Å². The standard InChI is InChI=1S/C25H31N3O3/c1-31-21-13-11-19(12-14-21)23(27-15-5-6-16-27)18-26-24(29)22-10-7-17-28(22)25(30)20-8-3-2-4-9-20/h2-4,8-9,11-14,22-23H,5-7,10,15-18H2,1H3,(H,26,29). The summed E-state index contributed by atoms with van der Waals surface area (Å²) < 4.78 is 5.29. The van der Waals surface area contributed by atoms with E-state index in [2.05, 4.69) is 22.3 Å². The summed E-state index contributed by atoms with van der Waals surface area (Å²) in [4.78, 5) is 30.2. The predicted molar refractivity (Wildman–Crippen MR) is 120 cm³/mol. The Morgan fingerprint density at radius 2 is 1.71 bits per heavy atom. The van der Waals surface area contributed by atoms with Crippen molar-refractivity contribution < 1.29 is 14.3 Å². The van der Waals surface area contributed by atoms with Crippen LogP contribution in [0.3, 0.4) is 0 Å². The summed E-state index contributed by atoms with van der Waals surface area (Å²) in [5.41, 5.74) is 1.81. The van der Waals surface area contributed by atoms with E-state index in [0.29, 0.717) is 25.1 Å². The van der Waals surface area contributed by atoms with Crippen molar-refractivity contribution in [2.24, 2.45) is 0 Å². The number of nitrogens with zero attached hydrogens (tertiary/aromatic N) is 2. The van der Waals surface area contributed by atoms with Gasteiger partial charge in [0.05, 0.1) is 13.2 Å². The van der Waals surface area contributed by atoms with Crippen molar-refractivity contribution in [2.45, 2.75) is 37.8 Å². The van der Waals surface area contributed by atoms with Gasteiger partial charge in [-0.3, -0.25) is 14.5 Å². The molecule has 2 aliphatic rings. The Labute approximate surface area is 184 Å². The molecule has 164 valence electrons. The number of hydrogen-bond donors (Lipinski definition) is 1. The van der Waals surface area contributed by atoms with E-state index in [4.69, 9.17) is 4.74 Å². The van der Waals surface area contributed by atoms with Crippen molar-refractivity contribution in [1.82, 2.24) is 15.1 Å². The molecule has 31 heavy (non-hydrogen) atoms. The first-order chi connectivity index (χ1) is 15.2. The van der Waals surface area contributed by atoms with E-state index in [1.54, 1.807) is 12.0 Å². The number of rotatable bonds is 7. The molecule has 0 aliphatic carbocycles. The van der Waals surface area contributed by atoms with E-state index >= 15 is 0 Å². The molecule has 2 atom stereocenters. The van der Waals surface area contributed by atoms with Crippen LogP contribution in [-0.4, -0.2) is 60.9 Å². The SMILES string of the molecule is COc1ccc(C(CNC(=O)C2CCCN2C(=O)c2ccccc2)N2CCCC2)cc1. The van der Waals surface area contributed by atoms with Crippen molar-refractivity contribution in [3.8, 4) is 5.75 Å². The highest BCUT2D eigenvalue weighted by molar-refractivity contribution is 5.97. The highest BCUT2D eigenvalue weighted by Crippen LogP contribution is 2.27. The molecule has 0 radical (unpaired) electrons. The van der Waals surface area contributed by atoms with Crippen LogP contribution in [0.15, 0.2) is 54.6 Å². The Morgan fingerprint density at radius 3 is 2.39 bits per heavy atom. The van der Waals surface area contributed by atoms with Gasteiger partial charge >= 0.3 is 0 Å². The van der Waals surface area contributed by atoms with Crippen molar-refractivity contribution in [2.75, 3.05) is 33.3 Å². The lowest BCUT2D eigenvalue weighted by Crippen LogP contribution is -2.47. The first-order valence-electron chi connectivity index (χ1n) is 11.2. The van der Waals surface area contributed by atoms with Gasteiger partial charge in [-0.25, -0.2) is 0 Å². The molecule has 2 heterocycles. The quantitative estimate of drug-likeness (QED) is 0.746. The number of nitrogens with one attached hydrogen (secondary N) is 1. The Hall–Kier alpha value is -2.86. The molecule has 2 amide bonds. The molecule has 6 nitrogen and oxygen atoms in total. The molecule has 2 aromatic rings. The molecular weight excluding hydrogens is 390 g/mol. The molecule has 2 unspecified atom stereocenters. The van der Waals surface area contributed by atoms with Crippen molar-refractivity contribution in [1.29, 1.82) is 0 Å². The Bertz CT molecular complexity index is 879. The van der Waals surface area contributed by atoms with Crippen LogP contribution in [0.25, 0.3) is 0 Å². The number of carbonyl (C=O) groups is 2. The Kier molecular flexibility index (Phi) is 6.87. The van der Waals surface area contributed by atoms with Crippen molar-refractivity contribution >= 4 is 11.8 Å². The molecule has 4 rings (SSSR count). The van der Waals surface area contributed by atoms with Crippen LogP contribution >= 0.6 is 0 Å². The molecule has 2 fully saturated rings. The summed E-state index contributed by atoms with van der Waals surface area (Å²) in [5.74, 6) is 0.706. The minimum atomic E-state index is -0.400. The molecule has 2 saturated heterocycles. The smallest absolute Gasteiger partial charge is 0.254 e. The highest BCUT2D eigenvalue weighted by Gasteiger charge is 2.35. The predicted octanol–water partition coefficient (Wildman–Crippen LogP) is 3.25. The third-order valence-corrected chi connectivity index (χ3v) is 6.39. The summed E-state index contributed by atoms with van der Waals surface area (Å²) in [6.07, 6.45) is 3.93. The first-order valence-corrected chi connectivity index (χ1v) is 11.2. The van der Waals surface area contributed by atoms with Gasteiger partial charge in [0.15, 0.2) is 0 Å². The molecule has 0 aromatic heterocycles. The highest BCUT2D eigenvalue weighted by atomic mass is 16.5. The summed E-state index contributed by atoms with van der Waals surface area (Å²) in [7, 11) is 1.66. The molecule has 0 bridgehead atoms. The maximum absolute atomic E-state index is 13.1. The average molecular weight is 422 g/mol. The summed E-state index contributed by atoms with van der Waals surface area (Å²) in [5, 5.41) is 3.16. The number of ether oxygens (including phenoxy) is 1. The van der Waals surface area contributed by atoms with E-state index < -0.39 is 6.04 Å². The van der Waals surface area contributed by atoms with Crippen LogP contribution in [0.1, 0.15) is 47.6 Å². The number of methoxy groups -OCH3 is 1. The normalized spacial score (nSPS) is 19.9. The van der Waals surface area contributed by atoms with Gasteiger partial charge in [0, 0.05) is 18.7 Å². The molecule has 6 heteroatoms. The third kappa shape index (κ3) is 4.90. The first kappa shape index (κ1) is 21.4. The van der Waals surface area contributed by atoms with Gasteiger partial charge in [-0.2, -0.15) is 0 Å². The maximum atomic E-state index is 13.1. The largest absolute Gasteiger partial charge is 0.497 e. The molecule has 0 spiro atoms. The summed E-state index contributed by atoms with van der Waals surface area (Å²) >= 11 is 0. The average Bonchev–Trinajstić information content (AvgIpc) is 3.52. The fourth-order valence-electron chi connectivity index (χ4n) is 4.68. The second-order valence-corrected chi connectivity index (χ2v) is 8.30. The van der Waals surface area contributed by atoms with Gasteiger partial charge in [-0.15, -0.1) is 0 Å². The molecule has 1 N–H and O–H groups in total. The second kappa shape index (κ2) is 9.96. The molecule has 2 aromatic carbocycles. The Morgan fingerprint density at radius 1 is 1.00 bits per heavy atom. The molecule has 2 aliphatic heterocycles. The lowest BCUT2D eigenvalue weighted by Gasteiger charge is -2.30. The Balaban J connectivity index is 1.43. The minimum absolute atomic E-state index is 0.0560. The fraction of sp³-hybridized carbons (Fsp3) is 0.440. The van der Waals surface area contributed by atoms with Gasteiger partial charge in [0.25, 0.3) is 5.91 Å². The topological polar surface area (TPSA) is 61.9 Å². The summed E-state index contributed by atoms with van der Waals surface area (Å²) in [6.45, 7) is 3.23. The van der Waals surface area contributed by atoms with Crippen molar-refractivity contribution in [3.05, 3.63) is 65.7 Å². The van der Waals surface area contributed by atoms with E-state index in [1.165, 1.54) is 18.4 Å². The van der Waals surface area contributed by atoms with Gasteiger partial charge in [-0.05, 0) is 68.6 Å². The lowest BCUT2D eigenvalue weighted by atomic mass is 10.0. The number of likely N-dealkylation sites (tertiary alicyclic amines) is 2. The monoisotopic (exact) mass is 421 g/mol. The number of carbonyl (C=O) groups excluding carboxylic acids is 2. The van der Waals surface area contributed by atoms with E-state index in [9.17, 15) is 9.59 Å². The van der Waals surface area contributed by atoms with Crippen molar-refractivity contribution in [3.63, 3.8) is 0 Å². The third-order valence-electron chi connectivity index (χ3n) is 6.39. The zero-order chi connectivity index (χ0) is 21.6. The van der Waals surface area contributed by atoms with Crippen LogP contribution in [0.2, 0.25) is 0 Å². The summed E-state index contributed by atoms with van der Waals surface area (Å²) in [6, 6.07) is 17.0. The van der Waals surface area contributed by atoms with Crippen LogP contribution in [0.5, 0.6) is 5.75 Å². The lowest BCUT2D eigenvalue weighted by molar-refractivity contribution is -0.125. The zero-order valence-corrected chi connectivity index (χ0v) is 18.1. The van der Waals surface area contributed by atoms with Gasteiger partial charge in [-0.1, -0.05) is 30.3 Å². The van der Waals surface area contributed by atoms with Crippen LogP contribution < -0.4 is 10.1 Å². The van der Waals surface area contributed by atoms with Gasteiger partial charge in [0.2, 0.25) is 5.91 Å². The number of amides is 2. The van der Waals surface area contributed by atoms with Crippen LogP contribution in [0.4, 0.5) is 0 Å². The number of hydrogen-bond acceptors (Lipinski definition) is 4.